The van der Waals surface area contributed by atoms with Crippen LogP contribution >= 0.6 is 0 Å². The molecule has 2 aromatic rings. The lowest BCUT2D eigenvalue weighted by Gasteiger charge is -2.22. The normalized spacial score (nSPS) is 20.9. The zero-order chi connectivity index (χ0) is 28.4. The second kappa shape index (κ2) is 11.5. The van der Waals surface area contributed by atoms with Gasteiger partial charge in [-0.1, -0.05) is 42.0 Å². The molecule has 0 N–H and O–H groups in total. The minimum atomic E-state index is -0.496. The summed E-state index contributed by atoms with van der Waals surface area (Å²) in [6.07, 6.45) is 6.60. The summed E-state index contributed by atoms with van der Waals surface area (Å²) in [6.45, 7) is 6.00. The third-order valence-corrected chi connectivity index (χ3v) is 8.15. The summed E-state index contributed by atoms with van der Waals surface area (Å²) in [5, 5.41) is 0. The van der Waals surface area contributed by atoms with Crippen LogP contribution in [0.15, 0.2) is 48.0 Å². The molecule has 0 bridgehead atoms. The van der Waals surface area contributed by atoms with Gasteiger partial charge >= 0.3 is 5.97 Å². The van der Waals surface area contributed by atoms with Gasteiger partial charge in [0, 0.05) is 42.2 Å². The van der Waals surface area contributed by atoms with Gasteiger partial charge in [-0.3, -0.25) is 19.2 Å². The van der Waals surface area contributed by atoms with E-state index in [2.05, 4.69) is 24.3 Å². The first-order valence-corrected chi connectivity index (χ1v) is 14.4. The summed E-state index contributed by atoms with van der Waals surface area (Å²) in [7, 11) is 0. The van der Waals surface area contributed by atoms with Crippen LogP contribution < -0.4 is 4.74 Å². The predicted molar refractivity (Wildman–Crippen MR) is 151 cm³/mol. The number of ketones is 3. The van der Waals surface area contributed by atoms with Gasteiger partial charge in [-0.25, -0.2) is 0 Å². The van der Waals surface area contributed by atoms with Crippen molar-refractivity contribution in [2.24, 2.45) is 11.8 Å². The van der Waals surface area contributed by atoms with Gasteiger partial charge < -0.3 is 9.47 Å². The first-order chi connectivity index (χ1) is 19.1. The van der Waals surface area contributed by atoms with Gasteiger partial charge in [-0.05, 0) is 75.6 Å². The minimum absolute atomic E-state index is 0.0712. The highest BCUT2D eigenvalue weighted by Crippen LogP contribution is 2.38. The van der Waals surface area contributed by atoms with E-state index in [1.165, 1.54) is 11.1 Å². The van der Waals surface area contributed by atoms with Crippen LogP contribution in [0.25, 0.3) is 0 Å². The molecule has 2 atom stereocenters. The molecule has 0 amide bonds. The van der Waals surface area contributed by atoms with E-state index < -0.39 is 5.60 Å². The molecule has 3 aliphatic rings. The molecule has 0 radical (unpaired) electrons. The lowest BCUT2D eigenvalue weighted by molar-refractivity contribution is -0.154. The Labute approximate surface area is 236 Å². The summed E-state index contributed by atoms with van der Waals surface area (Å²) < 4.78 is 11.8. The van der Waals surface area contributed by atoms with E-state index in [1.807, 2.05) is 39.0 Å². The highest BCUT2D eigenvalue weighted by molar-refractivity contribution is 6.03. The van der Waals surface area contributed by atoms with Crippen molar-refractivity contribution in [2.75, 3.05) is 0 Å². The van der Waals surface area contributed by atoms with Crippen molar-refractivity contribution in [2.45, 2.75) is 90.8 Å². The SMILES string of the molecule is CC(C)(C)OC(=O)CC1=CCc2ccc(COc3cccc4c3CC(CC3CCC(=O)CCC3=O)C4=O)cc2C1. The largest absolute Gasteiger partial charge is 0.489 e. The molecule has 40 heavy (non-hydrogen) atoms. The molecule has 210 valence electrons. The Morgan fingerprint density at radius 1 is 0.975 bits per heavy atom. The summed E-state index contributed by atoms with van der Waals surface area (Å²) in [5.74, 6) is 0.363. The van der Waals surface area contributed by atoms with E-state index >= 15 is 0 Å². The Hall–Kier alpha value is -3.54. The summed E-state index contributed by atoms with van der Waals surface area (Å²) in [5.41, 5.74) is 5.65. The second-order valence-corrected chi connectivity index (χ2v) is 12.4. The van der Waals surface area contributed by atoms with Gasteiger partial charge in [-0.15, -0.1) is 0 Å². The Morgan fingerprint density at radius 2 is 1.80 bits per heavy atom. The second-order valence-electron chi connectivity index (χ2n) is 12.4. The van der Waals surface area contributed by atoms with Gasteiger partial charge in [0.05, 0.1) is 6.42 Å². The molecular weight excluding hydrogens is 504 g/mol. The third kappa shape index (κ3) is 6.60. The van der Waals surface area contributed by atoms with E-state index in [0.717, 1.165) is 23.1 Å². The van der Waals surface area contributed by atoms with E-state index in [4.69, 9.17) is 9.47 Å². The molecule has 0 aliphatic heterocycles. The zero-order valence-corrected chi connectivity index (χ0v) is 23.7. The van der Waals surface area contributed by atoms with Gasteiger partial charge in [0.15, 0.2) is 5.78 Å². The van der Waals surface area contributed by atoms with Crippen LogP contribution in [0.1, 0.15) is 91.9 Å². The highest BCUT2D eigenvalue weighted by Gasteiger charge is 2.36. The Balaban J connectivity index is 1.22. The fourth-order valence-corrected chi connectivity index (χ4v) is 6.13. The van der Waals surface area contributed by atoms with Crippen molar-refractivity contribution < 1.29 is 28.7 Å². The quantitative estimate of drug-likeness (QED) is 0.239. The third-order valence-electron chi connectivity index (χ3n) is 8.15. The minimum Gasteiger partial charge on any atom is -0.489 e. The number of carbonyl (C=O) groups is 4. The number of benzene rings is 2. The molecule has 0 heterocycles. The van der Waals surface area contributed by atoms with Crippen molar-refractivity contribution >= 4 is 23.3 Å². The van der Waals surface area contributed by atoms with Crippen LogP contribution in [0.2, 0.25) is 0 Å². The van der Waals surface area contributed by atoms with Gasteiger partial charge in [0.25, 0.3) is 0 Å². The fraction of sp³-hybridized carbons (Fsp3) is 0.471. The number of ether oxygens (including phenoxy) is 2. The maximum atomic E-state index is 13.2. The first kappa shape index (κ1) is 28.0. The molecule has 6 nitrogen and oxygen atoms in total. The maximum Gasteiger partial charge on any atom is 0.310 e. The number of carbonyl (C=O) groups excluding carboxylic acids is 4. The van der Waals surface area contributed by atoms with Crippen LogP contribution in [0, 0.1) is 11.8 Å². The van der Waals surface area contributed by atoms with Gasteiger partial charge in [0.1, 0.15) is 29.5 Å². The van der Waals surface area contributed by atoms with Crippen molar-refractivity contribution in [3.8, 4) is 5.75 Å². The summed E-state index contributed by atoms with van der Waals surface area (Å²) in [6, 6.07) is 11.9. The highest BCUT2D eigenvalue weighted by atomic mass is 16.6. The van der Waals surface area contributed by atoms with Crippen LogP contribution in [0.4, 0.5) is 0 Å². The molecule has 1 fully saturated rings. The van der Waals surface area contributed by atoms with Crippen LogP contribution in [-0.2, 0) is 45.0 Å². The first-order valence-electron chi connectivity index (χ1n) is 14.4. The van der Waals surface area contributed by atoms with E-state index in [-0.39, 0.29) is 35.2 Å². The fourth-order valence-electron chi connectivity index (χ4n) is 6.13. The average Bonchev–Trinajstić information content (AvgIpc) is 3.13. The van der Waals surface area contributed by atoms with Gasteiger partial charge in [-0.2, -0.15) is 0 Å². The van der Waals surface area contributed by atoms with E-state index in [1.54, 1.807) is 0 Å². The molecule has 0 saturated heterocycles. The topological polar surface area (TPSA) is 86.7 Å². The number of allylic oxidation sites excluding steroid dienone is 1. The van der Waals surface area contributed by atoms with Crippen molar-refractivity contribution in [1.29, 1.82) is 0 Å². The van der Waals surface area contributed by atoms with Gasteiger partial charge in [0.2, 0.25) is 0 Å². The molecule has 3 aliphatic carbocycles. The smallest absolute Gasteiger partial charge is 0.310 e. The standard InChI is InChI=1S/C34H38O6/c1-34(2,3)40-32(37)17-21-7-9-23-10-8-22(16-25(23)15-21)20-39-31-6-4-5-28-29(31)19-26(33(28)38)18-24-11-12-27(35)13-14-30(24)36/h4-8,10,16,24,26H,9,11-15,17-20H2,1-3H3. The number of rotatable bonds is 7. The van der Waals surface area contributed by atoms with Crippen molar-refractivity contribution in [1.82, 2.24) is 0 Å². The Kier molecular flexibility index (Phi) is 8.07. The molecule has 2 unspecified atom stereocenters. The van der Waals surface area contributed by atoms with E-state index in [9.17, 15) is 19.2 Å². The van der Waals surface area contributed by atoms with Crippen LogP contribution in [0.3, 0.4) is 0 Å². The van der Waals surface area contributed by atoms with Crippen molar-refractivity contribution in [3.05, 3.63) is 75.9 Å². The lowest BCUT2D eigenvalue weighted by Crippen LogP contribution is -2.24. The lowest BCUT2D eigenvalue weighted by atomic mass is 9.86. The summed E-state index contributed by atoms with van der Waals surface area (Å²) >= 11 is 0. The summed E-state index contributed by atoms with van der Waals surface area (Å²) in [4.78, 5) is 49.9. The molecule has 5 rings (SSSR count). The van der Waals surface area contributed by atoms with Crippen LogP contribution in [-0.4, -0.2) is 28.9 Å². The molecule has 1 saturated carbocycles. The number of esters is 1. The Morgan fingerprint density at radius 3 is 2.60 bits per heavy atom. The van der Waals surface area contributed by atoms with Crippen LogP contribution in [0.5, 0.6) is 5.75 Å². The Bertz CT molecular complexity index is 1380. The molecular formula is C34H38O6. The van der Waals surface area contributed by atoms with Crippen molar-refractivity contribution in [3.63, 3.8) is 0 Å². The monoisotopic (exact) mass is 542 g/mol. The number of hydrogen-bond donors (Lipinski definition) is 0. The zero-order valence-electron chi connectivity index (χ0n) is 23.7. The molecule has 0 aromatic heterocycles. The number of hydrogen-bond acceptors (Lipinski definition) is 6. The molecule has 0 spiro atoms. The molecule has 6 heteroatoms. The molecule has 2 aromatic carbocycles. The average molecular weight is 543 g/mol. The predicted octanol–water partition coefficient (Wildman–Crippen LogP) is 6.10. The number of Topliss-reactive ketones (excluding diaryl/α,β-unsaturated/α-hetero) is 3. The van der Waals surface area contributed by atoms with E-state index in [0.29, 0.717) is 69.3 Å². The number of fused-ring (bicyclic) bond motifs is 2. The maximum absolute atomic E-state index is 13.2.